The maximum absolute atomic E-state index is 11.9. The summed E-state index contributed by atoms with van der Waals surface area (Å²) in [5.41, 5.74) is -0.713. The summed E-state index contributed by atoms with van der Waals surface area (Å²) < 4.78 is 0. The first-order valence-corrected chi connectivity index (χ1v) is 7.33. The number of β-amino-alcohol motifs (C(OH)–C–C–N with tert-alkyl or cyclic N) is 1. The van der Waals surface area contributed by atoms with Crippen molar-refractivity contribution < 1.29 is 14.7 Å². The van der Waals surface area contributed by atoms with Crippen LogP contribution in [0.1, 0.15) is 20.3 Å². The molecule has 2 saturated heterocycles. The first-order valence-electron chi connectivity index (χ1n) is 6.34. The van der Waals surface area contributed by atoms with Gasteiger partial charge in [0.2, 0.25) is 5.91 Å². The molecule has 2 rings (SSSR count). The van der Waals surface area contributed by atoms with E-state index in [0.29, 0.717) is 26.1 Å². The van der Waals surface area contributed by atoms with E-state index in [4.69, 9.17) is 0 Å². The number of hydrogen-bond acceptors (Lipinski definition) is 4. The van der Waals surface area contributed by atoms with E-state index in [0.717, 1.165) is 12.3 Å². The zero-order valence-electron chi connectivity index (χ0n) is 10.9. The number of aliphatic hydroxyl groups is 1. The second kappa shape index (κ2) is 5.09. The third-order valence-corrected chi connectivity index (χ3v) is 4.69. The molecule has 0 aromatic heterocycles. The van der Waals surface area contributed by atoms with Gasteiger partial charge < -0.3 is 14.9 Å². The van der Waals surface area contributed by atoms with Crippen LogP contribution in [0.5, 0.6) is 0 Å². The van der Waals surface area contributed by atoms with Crippen LogP contribution in [0.15, 0.2) is 0 Å². The second-order valence-corrected chi connectivity index (χ2v) is 6.41. The molecule has 0 saturated carbocycles. The first-order chi connectivity index (χ1) is 8.42. The monoisotopic (exact) mass is 272 g/mol. The minimum atomic E-state index is -0.713. The van der Waals surface area contributed by atoms with Crippen LogP contribution < -0.4 is 0 Å². The van der Waals surface area contributed by atoms with E-state index in [1.165, 1.54) is 11.8 Å². The van der Waals surface area contributed by atoms with Crippen molar-refractivity contribution in [2.75, 3.05) is 31.9 Å². The fourth-order valence-corrected chi connectivity index (χ4v) is 3.03. The molecule has 1 N–H and O–H groups in total. The Kier molecular flexibility index (Phi) is 3.87. The highest BCUT2D eigenvalue weighted by Gasteiger charge is 2.45. The van der Waals surface area contributed by atoms with Crippen LogP contribution in [0.4, 0.5) is 4.79 Å². The largest absolute Gasteiger partial charge is 0.386 e. The van der Waals surface area contributed by atoms with Gasteiger partial charge in [-0.3, -0.25) is 9.59 Å². The number of hydrogen-bond donors (Lipinski definition) is 1. The topological polar surface area (TPSA) is 60.9 Å². The Labute approximate surface area is 112 Å². The average Bonchev–Trinajstić information content (AvgIpc) is 2.67. The predicted molar refractivity (Wildman–Crippen MR) is 70.4 cm³/mol. The lowest BCUT2D eigenvalue weighted by molar-refractivity contribution is -0.163. The van der Waals surface area contributed by atoms with Gasteiger partial charge in [-0.15, -0.1) is 0 Å². The molecule has 0 aromatic carbocycles. The summed E-state index contributed by atoms with van der Waals surface area (Å²) >= 11 is 1.31. The summed E-state index contributed by atoms with van der Waals surface area (Å²) in [7, 11) is 0. The van der Waals surface area contributed by atoms with E-state index in [9.17, 15) is 14.7 Å². The van der Waals surface area contributed by atoms with Gasteiger partial charge in [-0.1, -0.05) is 25.6 Å². The van der Waals surface area contributed by atoms with Crippen LogP contribution in [-0.2, 0) is 4.79 Å². The number of nitrogens with zero attached hydrogens (tertiary/aromatic N) is 2. The van der Waals surface area contributed by atoms with Crippen molar-refractivity contribution in [3.05, 3.63) is 0 Å². The fourth-order valence-electron chi connectivity index (χ4n) is 2.17. The summed E-state index contributed by atoms with van der Waals surface area (Å²) in [6, 6.07) is 0. The van der Waals surface area contributed by atoms with Crippen molar-refractivity contribution in [3.63, 3.8) is 0 Å². The Hall–Kier alpha value is -0.750. The lowest BCUT2D eigenvalue weighted by Gasteiger charge is -2.49. The molecular formula is C12H20N2O3S. The molecule has 18 heavy (non-hydrogen) atoms. The van der Waals surface area contributed by atoms with Gasteiger partial charge in [0.05, 0.1) is 13.1 Å². The van der Waals surface area contributed by atoms with Crippen LogP contribution in [0, 0.1) is 5.92 Å². The van der Waals surface area contributed by atoms with E-state index in [1.54, 1.807) is 9.80 Å². The molecule has 0 unspecified atom stereocenters. The fraction of sp³-hybridized carbons (Fsp3) is 0.833. The van der Waals surface area contributed by atoms with E-state index < -0.39 is 5.60 Å². The second-order valence-electron chi connectivity index (χ2n) is 5.36. The minimum Gasteiger partial charge on any atom is -0.386 e. The summed E-state index contributed by atoms with van der Waals surface area (Å²) in [6.45, 7) is 6.01. The Morgan fingerprint density at radius 3 is 2.67 bits per heavy atom. The Morgan fingerprint density at radius 1 is 1.50 bits per heavy atom. The summed E-state index contributed by atoms with van der Waals surface area (Å²) in [5.74, 6) is 1.02. The van der Waals surface area contributed by atoms with Gasteiger partial charge >= 0.3 is 0 Å². The SMILES string of the molecule is CC(C)C1(O)CN(C(=O)CCN2CCSC2=O)C1. The molecule has 2 aliphatic heterocycles. The van der Waals surface area contributed by atoms with Crippen LogP contribution in [-0.4, -0.2) is 63.6 Å². The Balaban J connectivity index is 1.72. The third kappa shape index (κ3) is 2.64. The average molecular weight is 272 g/mol. The van der Waals surface area contributed by atoms with Crippen LogP contribution in [0.2, 0.25) is 0 Å². The number of carbonyl (C=O) groups is 2. The van der Waals surface area contributed by atoms with Gasteiger partial charge in [-0.2, -0.15) is 0 Å². The van der Waals surface area contributed by atoms with E-state index in [-0.39, 0.29) is 17.1 Å². The highest BCUT2D eigenvalue weighted by molar-refractivity contribution is 8.13. The first kappa shape index (κ1) is 13.7. The highest BCUT2D eigenvalue weighted by atomic mass is 32.2. The molecule has 0 aromatic rings. The summed E-state index contributed by atoms with van der Waals surface area (Å²) in [6.07, 6.45) is 0.362. The number of carbonyl (C=O) groups excluding carboxylic acids is 2. The smallest absolute Gasteiger partial charge is 0.281 e. The van der Waals surface area contributed by atoms with Crippen molar-refractivity contribution in [3.8, 4) is 0 Å². The molecule has 5 nitrogen and oxygen atoms in total. The van der Waals surface area contributed by atoms with Gasteiger partial charge in [0, 0.05) is 25.3 Å². The van der Waals surface area contributed by atoms with Crippen molar-refractivity contribution in [2.24, 2.45) is 5.92 Å². The van der Waals surface area contributed by atoms with E-state index in [2.05, 4.69) is 0 Å². The van der Waals surface area contributed by atoms with Crippen molar-refractivity contribution in [2.45, 2.75) is 25.9 Å². The van der Waals surface area contributed by atoms with Crippen molar-refractivity contribution in [1.29, 1.82) is 0 Å². The zero-order valence-corrected chi connectivity index (χ0v) is 11.7. The molecule has 0 atom stereocenters. The number of thioether (sulfide) groups is 1. The number of likely N-dealkylation sites (tertiary alicyclic amines) is 1. The van der Waals surface area contributed by atoms with Gasteiger partial charge in [-0.25, -0.2) is 0 Å². The quantitative estimate of drug-likeness (QED) is 0.821. The minimum absolute atomic E-state index is 0.0324. The van der Waals surface area contributed by atoms with Crippen molar-refractivity contribution in [1.82, 2.24) is 9.80 Å². The standard InChI is InChI=1S/C12H20N2O3S/c1-9(2)12(17)7-14(8-12)10(15)3-4-13-5-6-18-11(13)16/h9,17H,3-8H2,1-2H3. The van der Waals surface area contributed by atoms with Gasteiger partial charge in [0.1, 0.15) is 5.60 Å². The molecule has 2 fully saturated rings. The Morgan fingerprint density at radius 2 is 2.17 bits per heavy atom. The molecule has 6 heteroatoms. The van der Waals surface area contributed by atoms with Crippen LogP contribution in [0.3, 0.4) is 0 Å². The Bertz CT molecular complexity index is 353. The molecule has 2 amide bonds. The maximum atomic E-state index is 11.9. The van der Waals surface area contributed by atoms with Crippen LogP contribution >= 0.6 is 11.8 Å². The summed E-state index contributed by atoms with van der Waals surface area (Å²) in [5, 5.41) is 10.1. The van der Waals surface area contributed by atoms with Crippen molar-refractivity contribution >= 4 is 22.9 Å². The zero-order chi connectivity index (χ0) is 13.3. The molecule has 0 spiro atoms. The molecule has 2 heterocycles. The van der Waals surface area contributed by atoms with Gasteiger partial charge in [0.15, 0.2) is 0 Å². The van der Waals surface area contributed by atoms with Crippen LogP contribution in [0.25, 0.3) is 0 Å². The van der Waals surface area contributed by atoms with E-state index in [1.807, 2.05) is 13.8 Å². The number of amides is 2. The highest BCUT2D eigenvalue weighted by Crippen LogP contribution is 2.29. The molecule has 0 radical (unpaired) electrons. The van der Waals surface area contributed by atoms with Gasteiger partial charge in [0.25, 0.3) is 5.24 Å². The number of rotatable bonds is 4. The predicted octanol–water partition coefficient (Wildman–Crippen LogP) is 0.775. The maximum Gasteiger partial charge on any atom is 0.281 e. The lowest BCUT2D eigenvalue weighted by atomic mass is 9.83. The molecular weight excluding hydrogens is 252 g/mol. The molecule has 2 aliphatic rings. The molecule has 0 aliphatic carbocycles. The normalized spacial score (nSPS) is 22.6. The summed E-state index contributed by atoms with van der Waals surface area (Å²) in [4.78, 5) is 26.6. The lowest BCUT2D eigenvalue weighted by Crippen LogP contribution is -2.66. The van der Waals surface area contributed by atoms with E-state index >= 15 is 0 Å². The third-order valence-electron chi connectivity index (χ3n) is 3.80. The molecule has 0 bridgehead atoms. The van der Waals surface area contributed by atoms with Gasteiger partial charge in [-0.05, 0) is 5.92 Å². The molecule has 102 valence electrons.